The number of thiophene rings is 1. The Morgan fingerprint density at radius 2 is 2.04 bits per heavy atom. The lowest BCUT2D eigenvalue weighted by Crippen LogP contribution is -2.27. The van der Waals surface area contributed by atoms with Gasteiger partial charge in [0.2, 0.25) is 5.91 Å². The third-order valence-electron chi connectivity index (χ3n) is 3.98. The van der Waals surface area contributed by atoms with Gasteiger partial charge in [-0.05, 0) is 24.1 Å². The van der Waals surface area contributed by atoms with Crippen molar-refractivity contribution in [2.45, 2.75) is 32.7 Å². The fourth-order valence-electron chi connectivity index (χ4n) is 2.78. The van der Waals surface area contributed by atoms with Crippen molar-refractivity contribution in [3.05, 3.63) is 51.6 Å². The standard InChI is InChI=1S/C18H18FN3O2S/c1-2-3-15-21-17-16(18(24)22(15)9-8-14(20)23)13(10-25-17)11-4-6-12(19)7-5-11/h4-7,10H,2-3,8-9H2,1H3,(H2,20,23). The van der Waals surface area contributed by atoms with Crippen molar-refractivity contribution in [3.8, 4) is 11.1 Å². The zero-order valence-corrected chi connectivity index (χ0v) is 14.6. The monoisotopic (exact) mass is 359 g/mol. The second-order valence-electron chi connectivity index (χ2n) is 5.79. The first-order valence-electron chi connectivity index (χ1n) is 8.06. The molecule has 5 nitrogen and oxygen atoms in total. The van der Waals surface area contributed by atoms with Crippen LogP contribution in [0.25, 0.3) is 21.3 Å². The Labute approximate surface area is 147 Å². The summed E-state index contributed by atoms with van der Waals surface area (Å²) in [6.07, 6.45) is 1.57. The number of halogens is 1. The van der Waals surface area contributed by atoms with E-state index in [1.165, 1.54) is 28.0 Å². The molecule has 7 heteroatoms. The topological polar surface area (TPSA) is 78.0 Å². The van der Waals surface area contributed by atoms with Gasteiger partial charge in [-0.15, -0.1) is 11.3 Å². The lowest BCUT2D eigenvalue weighted by Gasteiger charge is -2.11. The number of nitrogens with zero attached hydrogens (tertiary/aromatic N) is 2. The molecule has 25 heavy (non-hydrogen) atoms. The number of aromatic nitrogens is 2. The van der Waals surface area contributed by atoms with E-state index in [0.717, 1.165) is 17.5 Å². The fraction of sp³-hybridized carbons (Fsp3) is 0.278. The Morgan fingerprint density at radius 3 is 2.68 bits per heavy atom. The lowest BCUT2D eigenvalue weighted by molar-refractivity contribution is -0.118. The number of rotatable bonds is 6. The zero-order chi connectivity index (χ0) is 18.0. The molecule has 1 aromatic carbocycles. The number of aryl methyl sites for hydroxylation is 1. The predicted octanol–water partition coefficient (Wildman–Crippen LogP) is 3.09. The van der Waals surface area contributed by atoms with Crippen molar-refractivity contribution in [1.29, 1.82) is 0 Å². The van der Waals surface area contributed by atoms with Crippen molar-refractivity contribution in [2.75, 3.05) is 0 Å². The van der Waals surface area contributed by atoms with Crippen LogP contribution in [-0.4, -0.2) is 15.5 Å². The van der Waals surface area contributed by atoms with Crippen molar-refractivity contribution < 1.29 is 9.18 Å². The van der Waals surface area contributed by atoms with Crippen LogP contribution < -0.4 is 11.3 Å². The number of hydrogen-bond acceptors (Lipinski definition) is 4. The molecule has 3 rings (SSSR count). The number of carbonyl (C=O) groups is 1. The summed E-state index contributed by atoms with van der Waals surface area (Å²) < 4.78 is 14.7. The highest BCUT2D eigenvalue weighted by Gasteiger charge is 2.17. The Kier molecular flexibility index (Phi) is 4.94. The minimum atomic E-state index is -0.460. The van der Waals surface area contributed by atoms with Gasteiger partial charge in [0.05, 0.1) is 5.39 Å². The number of hydrogen-bond donors (Lipinski definition) is 1. The molecular weight excluding hydrogens is 341 g/mol. The summed E-state index contributed by atoms with van der Waals surface area (Å²) >= 11 is 1.39. The number of carbonyl (C=O) groups excluding carboxylic acids is 1. The second-order valence-corrected chi connectivity index (χ2v) is 6.65. The number of nitrogens with two attached hydrogens (primary N) is 1. The van der Waals surface area contributed by atoms with Gasteiger partial charge in [-0.3, -0.25) is 14.2 Å². The first kappa shape index (κ1) is 17.3. The van der Waals surface area contributed by atoms with Gasteiger partial charge in [0.25, 0.3) is 5.56 Å². The van der Waals surface area contributed by atoms with Crippen LogP contribution in [0.15, 0.2) is 34.4 Å². The summed E-state index contributed by atoms with van der Waals surface area (Å²) in [7, 11) is 0. The van der Waals surface area contributed by atoms with Crippen LogP contribution >= 0.6 is 11.3 Å². The van der Waals surface area contributed by atoms with Crippen molar-refractivity contribution in [2.24, 2.45) is 5.73 Å². The highest BCUT2D eigenvalue weighted by atomic mass is 32.1. The van der Waals surface area contributed by atoms with Gasteiger partial charge in [0.15, 0.2) is 0 Å². The molecule has 0 aliphatic carbocycles. The normalized spacial score (nSPS) is 11.1. The smallest absolute Gasteiger partial charge is 0.262 e. The Balaban J connectivity index is 2.19. The van der Waals surface area contributed by atoms with E-state index in [0.29, 0.717) is 22.5 Å². The molecule has 130 valence electrons. The van der Waals surface area contributed by atoms with Crippen LogP contribution in [0.5, 0.6) is 0 Å². The molecule has 0 aliphatic heterocycles. The van der Waals surface area contributed by atoms with Gasteiger partial charge in [-0.25, -0.2) is 9.37 Å². The predicted molar refractivity (Wildman–Crippen MR) is 97.1 cm³/mol. The van der Waals surface area contributed by atoms with E-state index in [9.17, 15) is 14.0 Å². The van der Waals surface area contributed by atoms with E-state index >= 15 is 0 Å². The second kappa shape index (κ2) is 7.14. The molecule has 0 fully saturated rings. The van der Waals surface area contributed by atoms with Crippen molar-refractivity contribution in [1.82, 2.24) is 9.55 Å². The van der Waals surface area contributed by atoms with Gasteiger partial charge in [-0.2, -0.15) is 0 Å². The summed E-state index contributed by atoms with van der Waals surface area (Å²) in [5, 5.41) is 2.36. The summed E-state index contributed by atoms with van der Waals surface area (Å²) in [6.45, 7) is 2.22. The molecular formula is C18H18FN3O2S. The maximum atomic E-state index is 13.2. The molecule has 3 aromatic rings. The molecule has 0 atom stereocenters. The number of fused-ring (bicyclic) bond motifs is 1. The van der Waals surface area contributed by atoms with Gasteiger partial charge in [0, 0.05) is 30.3 Å². The summed E-state index contributed by atoms with van der Waals surface area (Å²) in [4.78, 5) is 29.5. The van der Waals surface area contributed by atoms with E-state index in [4.69, 9.17) is 5.73 Å². The van der Waals surface area contributed by atoms with Gasteiger partial charge in [0.1, 0.15) is 16.5 Å². The van der Waals surface area contributed by atoms with Crippen LogP contribution in [0, 0.1) is 5.82 Å². The SMILES string of the molecule is CCCc1nc2scc(-c3ccc(F)cc3)c2c(=O)n1CCC(N)=O. The first-order chi connectivity index (χ1) is 12.0. The van der Waals surface area contributed by atoms with E-state index in [2.05, 4.69) is 4.98 Å². The number of amides is 1. The van der Waals surface area contributed by atoms with Crippen molar-refractivity contribution >= 4 is 27.5 Å². The van der Waals surface area contributed by atoms with Crippen LogP contribution in [0.3, 0.4) is 0 Å². The van der Waals surface area contributed by atoms with E-state index in [1.807, 2.05) is 12.3 Å². The largest absolute Gasteiger partial charge is 0.370 e. The summed E-state index contributed by atoms with van der Waals surface area (Å²) in [6, 6.07) is 6.01. The molecule has 0 spiro atoms. The maximum Gasteiger partial charge on any atom is 0.262 e. The Morgan fingerprint density at radius 1 is 1.32 bits per heavy atom. The third kappa shape index (κ3) is 3.46. The molecule has 0 unspecified atom stereocenters. The van der Waals surface area contributed by atoms with Crippen LogP contribution in [0.1, 0.15) is 25.6 Å². The molecule has 0 radical (unpaired) electrons. The molecule has 2 N–H and O–H groups in total. The summed E-state index contributed by atoms with van der Waals surface area (Å²) in [5.41, 5.74) is 6.54. The van der Waals surface area contributed by atoms with Gasteiger partial charge in [-0.1, -0.05) is 19.1 Å². The molecule has 0 saturated carbocycles. The lowest BCUT2D eigenvalue weighted by atomic mass is 10.1. The Bertz CT molecular complexity index is 976. The molecule has 2 heterocycles. The average Bonchev–Trinajstić information content (AvgIpc) is 2.99. The number of primary amides is 1. The molecule has 0 aliphatic rings. The highest BCUT2D eigenvalue weighted by molar-refractivity contribution is 7.17. The Hall–Kier alpha value is -2.54. The number of benzene rings is 1. The fourth-order valence-corrected chi connectivity index (χ4v) is 3.73. The minimum Gasteiger partial charge on any atom is -0.370 e. The van der Waals surface area contributed by atoms with Crippen LogP contribution in [-0.2, 0) is 17.8 Å². The van der Waals surface area contributed by atoms with Crippen molar-refractivity contribution in [3.63, 3.8) is 0 Å². The van der Waals surface area contributed by atoms with Gasteiger partial charge >= 0.3 is 0 Å². The van der Waals surface area contributed by atoms with E-state index in [-0.39, 0.29) is 24.3 Å². The molecule has 2 aromatic heterocycles. The molecule has 0 bridgehead atoms. The van der Waals surface area contributed by atoms with E-state index in [1.54, 1.807) is 12.1 Å². The van der Waals surface area contributed by atoms with E-state index < -0.39 is 5.91 Å². The van der Waals surface area contributed by atoms with Gasteiger partial charge < -0.3 is 5.73 Å². The highest BCUT2D eigenvalue weighted by Crippen LogP contribution is 2.31. The minimum absolute atomic E-state index is 0.0832. The van der Waals surface area contributed by atoms with Crippen LogP contribution in [0.4, 0.5) is 4.39 Å². The quantitative estimate of drug-likeness (QED) is 0.735. The summed E-state index contributed by atoms with van der Waals surface area (Å²) in [5.74, 6) is -0.127. The zero-order valence-electron chi connectivity index (χ0n) is 13.8. The third-order valence-corrected chi connectivity index (χ3v) is 4.86. The average molecular weight is 359 g/mol. The molecule has 1 amide bonds. The first-order valence-corrected chi connectivity index (χ1v) is 8.94. The molecule has 0 saturated heterocycles. The van der Waals surface area contributed by atoms with Crippen LogP contribution in [0.2, 0.25) is 0 Å². The maximum absolute atomic E-state index is 13.2.